The summed E-state index contributed by atoms with van der Waals surface area (Å²) in [5.41, 5.74) is 0.581. The van der Waals surface area contributed by atoms with E-state index in [1.807, 2.05) is 4.90 Å². The minimum atomic E-state index is -4.28. The molecule has 0 N–H and O–H groups in total. The number of hydrogen-bond acceptors (Lipinski definition) is 6. The largest absolute Gasteiger partial charge is 0.419 e. The number of nitrogens with zero attached hydrogens (tertiary/aromatic N) is 4. The summed E-state index contributed by atoms with van der Waals surface area (Å²) in [6.07, 6.45) is 0. The Kier molecular flexibility index (Phi) is 5.58. The number of halogens is 3. The second-order valence-electron chi connectivity index (χ2n) is 6.74. The van der Waals surface area contributed by atoms with E-state index in [-0.39, 0.29) is 31.3 Å². The molecule has 4 rings (SSSR count). The lowest BCUT2D eigenvalue weighted by Gasteiger charge is -2.33. The SMILES string of the molecule is O=S(=O)(c1c(F)cccc1F)N1CCN(Cc2nnc(-c3ccc(F)cc3)o2)CC1. The van der Waals surface area contributed by atoms with Gasteiger partial charge in [-0.25, -0.2) is 21.6 Å². The number of rotatable bonds is 5. The van der Waals surface area contributed by atoms with Gasteiger partial charge in [-0.05, 0) is 36.4 Å². The molecular formula is C19H17F3N4O3S. The van der Waals surface area contributed by atoms with E-state index in [9.17, 15) is 21.6 Å². The van der Waals surface area contributed by atoms with Gasteiger partial charge in [-0.3, -0.25) is 4.90 Å². The number of sulfonamides is 1. The van der Waals surface area contributed by atoms with Crippen molar-refractivity contribution < 1.29 is 26.0 Å². The number of aromatic nitrogens is 2. The van der Waals surface area contributed by atoms with Crippen molar-refractivity contribution in [2.45, 2.75) is 11.4 Å². The fourth-order valence-corrected chi connectivity index (χ4v) is 4.74. The predicted octanol–water partition coefficient (Wildman–Crippen LogP) is 2.66. The molecule has 2 heterocycles. The number of hydrogen-bond donors (Lipinski definition) is 0. The molecule has 1 aliphatic heterocycles. The summed E-state index contributed by atoms with van der Waals surface area (Å²) in [6, 6.07) is 8.58. The zero-order valence-corrected chi connectivity index (χ0v) is 16.4. The van der Waals surface area contributed by atoms with E-state index >= 15 is 0 Å². The van der Waals surface area contributed by atoms with Gasteiger partial charge >= 0.3 is 0 Å². The first kappa shape index (κ1) is 20.5. The van der Waals surface area contributed by atoms with Gasteiger partial charge in [0, 0.05) is 31.7 Å². The smallest absolute Gasteiger partial charge is 0.249 e. The molecule has 1 saturated heterocycles. The molecule has 0 radical (unpaired) electrons. The lowest BCUT2D eigenvalue weighted by molar-refractivity contribution is 0.168. The molecule has 11 heteroatoms. The zero-order valence-electron chi connectivity index (χ0n) is 15.6. The first-order chi connectivity index (χ1) is 14.3. The second kappa shape index (κ2) is 8.17. The lowest BCUT2D eigenvalue weighted by Crippen LogP contribution is -2.48. The molecule has 0 spiro atoms. The Hall–Kier alpha value is -2.76. The van der Waals surface area contributed by atoms with E-state index in [1.54, 1.807) is 0 Å². The molecule has 0 aliphatic carbocycles. The third-order valence-corrected chi connectivity index (χ3v) is 6.72. The minimum Gasteiger partial charge on any atom is -0.419 e. The molecule has 0 unspecified atom stereocenters. The molecule has 158 valence electrons. The van der Waals surface area contributed by atoms with Crippen LogP contribution in [0.1, 0.15) is 5.89 Å². The Bertz CT molecular complexity index is 1120. The van der Waals surface area contributed by atoms with Gasteiger partial charge in [-0.2, -0.15) is 4.31 Å². The molecule has 7 nitrogen and oxygen atoms in total. The number of piperazine rings is 1. The summed E-state index contributed by atoms with van der Waals surface area (Å²) in [5, 5.41) is 7.90. The summed E-state index contributed by atoms with van der Waals surface area (Å²) in [4.78, 5) is 0.963. The highest BCUT2D eigenvalue weighted by atomic mass is 32.2. The van der Waals surface area contributed by atoms with Gasteiger partial charge in [-0.1, -0.05) is 6.07 Å². The van der Waals surface area contributed by atoms with E-state index < -0.39 is 26.6 Å². The van der Waals surface area contributed by atoms with E-state index in [4.69, 9.17) is 4.42 Å². The summed E-state index contributed by atoms with van der Waals surface area (Å²) in [6.45, 7) is 1.06. The lowest BCUT2D eigenvalue weighted by atomic mass is 10.2. The van der Waals surface area contributed by atoms with Crippen molar-refractivity contribution in [1.82, 2.24) is 19.4 Å². The van der Waals surface area contributed by atoms with Crippen LogP contribution in [0, 0.1) is 17.5 Å². The average molecular weight is 438 g/mol. The van der Waals surface area contributed by atoms with Crippen LogP contribution < -0.4 is 0 Å². The van der Waals surface area contributed by atoms with Crippen molar-refractivity contribution in [3.63, 3.8) is 0 Å². The fourth-order valence-electron chi connectivity index (χ4n) is 3.20. The summed E-state index contributed by atoms with van der Waals surface area (Å²) >= 11 is 0. The van der Waals surface area contributed by atoms with Crippen molar-refractivity contribution in [2.24, 2.45) is 0 Å². The molecule has 0 amide bonds. The molecule has 3 aromatic rings. The maximum atomic E-state index is 13.9. The van der Waals surface area contributed by atoms with Crippen LogP contribution in [0.15, 0.2) is 51.8 Å². The molecule has 0 bridgehead atoms. The van der Waals surface area contributed by atoms with E-state index in [0.29, 0.717) is 24.5 Å². The van der Waals surface area contributed by atoms with Gasteiger partial charge in [0.15, 0.2) is 4.90 Å². The van der Waals surface area contributed by atoms with Crippen LogP contribution in [-0.4, -0.2) is 54.0 Å². The highest BCUT2D eigenvalue weighted by Crippen LogP contribution is 2.24. The Morgan fingerprint density at radius 2 is 1.53 bits per heavy atom. The number of benzene rings is 2. The van der Waals surface area contributed by atoms with E-state index in [2.05, 4.69) is 10.2 Å². The van der Waals surface area contributed by atoms with E-state index in [1.165, 1.54) is 24.3 Å². The Balaban J connectivity index is 1.40. The van der Waals surface area contributed by atoms with Crippen molar-refractivity contribution in [3.05, 3.63) is 65.8 Å². The van der Waals surface area contributed by atoms with Crippen LogP contribution >= 0.6 is 0 Å². The average Bonchev–Trinajstić information content (AvgIpc) is 3.17. The van der Waals surface area contributed by atoms with Gasteiger partial charge in [0.05, 0.1) is 6.54 Å². The maximum Gasteiger partial charge on any atom is 0.249 e. The molecule has 30 heavy (non-hydrogen) atoms. The van der Waals surface area contributed by atoms with Crippen molar-refractivity contribution in [3.8, 4) is 11.5 Å². The first-order valence-electron chi connectivity index (χ1n) is 9.09. The monoisotopic (exact) mass is 438 g/mol. The van der Waals surface area contributed by atoms with Gasteiger partial charge in [-0.15, -0.1) is 10.2 Å². The van der Waals surface area contributed by atoms with Gasteiger partial charge < -0.3 is 4.42 Å². The van der Waals surface area contributed by atoms with Gasteiger partial charge in [0.25, 0.3) is 0 Å². The molecule has 0 atom stereocenters. The van der Waals surface area contributed by atoms with E-state index in [0.717, 1.165) is 22.5 Å². The second-order valence-corrected chi connectivity index (χ2v) is 8.61. The molecule has 0 saturated carbocycles. The maximum absolute atomic E-state index is 13.9. The molecule has 1 fully saturated rings. The van der Waals surface area contributed by atoms with Crippen LogP contribution in [0.25, 0.3) is 11.5 Å². The third kappa shape index (κ3) is 4.09. The van der Waals surface area contributed by atoms with Crippen LogP contribution in [0.3, 0.4) is 0 Å². The van der Waals surface area contributed by atoms with Crippen LogP contribution in [0.5, 0.6) is 0 Å². The summed E-state index contributed by atoms with van der Waals surface area (Å²) in [5.74, 6) is -2.03. The van der Waals surface area contributed by atoms with Crippen LogP contribution in [0.4, 0.5) is 13.2 Å². The van der Waals surface area contributed by atoms with Crippen molar-refractivity contribution in [2.75, 3.05) is 26.2 Å². The van der Waals surface area contributed by atoms with Gasteiger partial charge in [0.2, 0.25) is 21.8 Å². The highest BCUT2D eigenvalue weighted by Gasteiger charge is 2.33. The Morgan fingerprint density at radius 3 is 2.17 bits per heavy atom. The summed E-state index contributed by atoms with van der Waals surface area (Å²) < 4.78 is 72.8. The topological polar surface area (TPSA) is 79.5 Å². The zero-order chi connectivity index (χ0) is 21.3. The Labute approximate surface area is 170 Å². The molecular weight excluding hydrogens is 421 g/mol. The quantitative estimate of drug-likeness (QED) is 0.610. The third-order valence-electron chi connectivity index (χ3n) is 4.76. The van der Waals surface area contributed by atoms with Crippen LogP contribution in [-0.2, 0) is 16.6 Å². The molecule has 2 aromatic carbocycles. The standard InChI is InChI=1S/C19H17F3N4O3S/c20-14-6-4-13(5-7-14)19-24-23-17(29-19)12-25-8-10-26(11-9-25)30(27,28)18-15(21)2-1-3-16(18)22/h1-7H,8-12H2. The van der Waals surface area contributed by atoms with Gasteiger partial charge in [0.1, 0.15) is 17.5 Å². The Morgan fingerprint density at radius 1 is 0.900 bits per heavy atom. The van der Waals surface area contributed by atoms with Crippen molar-refractivity contribution >= 4 is 10.0 Å². The minimum absolute atomic E-state index is 0.0645. The van der Waals surface area contributed by atoms with Crippen LogP contribution in [0.2, 0.25) is 0 Å². The highest BCUT2D eigenvalue weighted by molar-refractivity contribution is 7.89. The molecule has 1 aromatic heterocycles. The predicted molar refractivity (Wildman–Crippen MR) is 100 cm³/mol. The summed E-state index contributed by atoms with van der Waals surface area (Å²) in [7, 11) is -4.28. The fraction of sp³-hybridized carbons (Fsp3) is 0.263. The first-order valence-corrected chi connectivity index (χ1v) is 10.5. The normalized spacial score (nSPS) is 16.1. The molecule has 1 aliphatic rings. The van der Waals surface area contributed by atoms with Crippen molar-refractivity contribution in [1.29, 1.82) is 0 Å².